The molecular formula is C29H31N5O4S. The maximum Gasteiger partial charge on any atom is 0.302 e. The molecule has 0 saturated heterocycles. The lowest BCUT2D eigenvalue weighted by Gasteiger charge is -2.29. The third kappa shape index (κ3) is 6.39. The first-order valence-electron chi connectivity index (χ1n) is 13.1. The van der Waals surface area contributed by atoms with Crippen LogP contribution in [0.3, 0.4) is 0 Å². The Bertz CT molecular complexity index is 1360. The van der Waals surface area contributed by atoms with Crippen LogP contribution in [-0.2, 0) is 6.54 Å². The minimum atomic E-state index is -0.355. The van der Waals surface area contributed by atoms with Crippen molar-refractivity contribution in [3.63, 3.8) is 0 Å². The second-order valence-electron chi connectivity index (χ2n) is 9.46. The molecule has 1 aliphatic carbocycles. The van der Waals surface area contributed by atoms with E-state index in [1.165, 1.54) is 48.2 Å². The maximum absolute atomic E-state index is 13.0. The van der Waals surface area contributed by atoms with Crippen LogP contribution < -0.4 is 14.8 Å². The zero-order valence-corrected chi connectivity index (χ0v) is 22.8. The van der Waals surface area contributed by atoms with Crippen LogP contribution in [0.5, 0.6) is 11.5 Å². The molecule has 1 unspecified atom stereocenters. The van der Waals surface area contributed by atoms with E-state index in [1.807, 2.05) is 36.4 Å². The number of nitrogens with one attached hydrogen (secondary N) is 1. The van der Waals surface area contributed by atoms with Gasteiger partial charge in [0.1, 0.15) is 5.69 Å². The maximum atomic E-state index is 13.0. The molecule has 3 aromatic rings. The van der Waals surface area contributed by atoms with E-state index in [-0.39, 0.29) is 34.7 Å². The summed E-state index contributed by atoms with van der Waals surface area (Å²) in [6, 6.07) is 13.2. The summed E-state index contributed by atoms with van der Waals surface area (Å²) in [7, 11) is 1.64. The highest BCUT2D eigenvalue weighted by atomic mass is 32.2. The van der Waals surface area contributed by atoms with Gasteiger partial charge in [0.15, 0.2) is 11.5 Å². The van der Waals surface area contributed by atoms with E-state index in [1.54, 1.807) is 13.2 Å². The molecule has 1 N–H and O–H groups in total. The quantitative estimate of drug-likeness (QED) is 0.356. The number of anilines is 1. The lowest BCUT2D eigenvalue weighted by atomic mass is 10.0. The number of aromatic nitrogens is 2. The van der Waals surface area contributed by atoms with E-state index in [9.17, 15) is 9.59 Å². The first kappa shape index (κ1) is 26.7. The molecule has 202 valence electrons. The Hall–Kier alpha value is -3.92. The van der Waals surface area contributed by atoms with Gasteiger partial charge in [-0.1, -0.05) is 30.8 Å². The fourth-order valence-electron chi connectivity index (χ4n) is 4.74. The van der Waals surface area contributed by atoms with Crippen LogP contribution in [0.4, 0.5) is 10.5 Å². The lowest BCUT2D eigenvalue weighted by Crippen LogP contribution is -2.34. The Balaban J connectivity index is 1.37. The molecular weight excluding hydrogens is 514 g/mol. The molecule has 1 aromatic heterocycles. The van der Waals surface area contributed by atoms with Crippen molar-refractivity contribution < 1.29 is 19.1 Å². The van der Waals surface area contributed by atoms with Crippen LogP contribution in [0.15, 0.2) is 66.2 Å². The predicted molar refractivity (Wildman–Crippen MR) is 151 cm³/mol. The molecule has 1 fully saturated rings. The molecule has 0 bridgehead atoms. The second kappa shape index (κ2) is 12.3. The summed E-state index contributed by atoms with van der Waals surface area (Å²) in [5, 5.41) is 8.96. The fraction of sp³-hybridized carbons (Fsp3) is 0.345. The Morgan fingerprint density at radius 3 is 2.72 bits per heavy atom. The van der Waals surface area contributed by atoms with Crippen LogP contribution in [0, 0.1) is 0 Å². The van der Waals surface area contributed by atoms with E-state index in [0.29, 0.717) is 17.2 Å². The Kier molecular flexibility index (Phi) is 8.41. The minimum absolute atomic E-state index is 0.0703. The van der Waals surface area contributed by atoms with Gasteiger partial charge in [0.05, 0.1) is 36.9 Å². The van der Waals surface area contributed by atoms with Crippen molar-refractivity contribution in [2.75, 3.05) is 12.4 Å². The van der Waals surface area contributed by atoms with Gasteiger partial charge in [0, 0.05) is 23.6 Å². The molecule has 5 rings (SSSR count). The zero-order chi connectivity index (χ0) is 27.2. The summed E-state index contributed by atoms with van der Waals surface area (Å²) in [4.78, 5) is 33.5. The fourth-order valence-corrected chi connectivity index (χ4v) is 5.67. The second-order valence-corrected chi connectivity index (χ2v) is 10.6. The summed E-state index contributed by atoms with van der Waals surface area (Å²) >= 11 is 1.28. The number of hydrogen-bond donors (Lipinski definition) is 1. The number of carbonyl (C=O) groups excluding carboxylic acids is 2. The van der Waals surface area contributed by atoms with E-state index >= 15 is 0 Å². The van der Waals surface area contributed by atoms with Gasteiger partial charge >= 0.3 is 5.24 Å². The van der Waals surface area contributed by atoms with Crippen LogP contribution >= 0.6 is 11.8 Å². The number of hydrazone groups is 1. The number of benzene rings is 2. The van der Waals surface area contributed by atoms with Crippen molar-refractivity contribution in [3.8, 4) is 11.5 Å². The van der Waals surface area contributed by atoms with Crippen LogP contribution in [0.25, 0.3) is 0 Å². The Morgan fingerprint density at radius 2 is 1.97 bits per heavy atom. The van der Waals surface area contributed by atoms with E-state index < -0.39 is 0 Å². The third-order valence-electron chi connectivity index (χ3n) is 6.73. The number of hydrogen-bond acceptors (Lipinski definition) is 8. The van der Waals surface area contributed by atoms with E-state index in [0.717, 1.165) is 36.1 Å². The summed E-state index contributed by atoms with van der Waals surface area (Å²) < 4.78 is 11.9. The number of amides is 2. The largest absolute Gasteiger partial charge is 0.493 e. The average Bonchev–Trinajstić information content (AvgIpc) is 3.47. The van der Waals surface area contributed by atoms with Gasteiger partial charge < -0.3 is 14.8 Å². The zero-order valence-electron chi connectivity index (χ0n) is 22.0. The van der Waals surface area contributed by atoms with Gasteiger partial charge in [0.2, 0.25) is 0 Å². The summed E-state index contributed by atoms with van der Waals surface area (Å²) in [6.45, 7) is 2.32. The predicted octanol–water partition coefficient (Wildman–Crippen LogP) is 5.91. The SMILES string of the molecule is CCC1SC(=O)N(Cc2cccc(NC(=O)c3cnccn3)c2)N=C1c1ccc(OC)c(OC2CCCC2)c1. The number of rotatable bonds is 9. The molecule has 10 heteroatoms. The highest BCUT2D eigenvalue weighted by Crippen LogP contribution is 2.36. The number of methoxy groups -OCH3 is 1. The number of nitrogens with zero attached hydrogens (tertiary/aromatic N) is 4. The molecule has 1 aliphatic heterocycles. The molecule has 2 aliphatic rings. The highest BCUT2D eigenvalue weighted by Gasteiger charge is 2.31. The number of thioether (sulfide) groups is 1. The third-order valence-corrected chi connectivity index (χ3v) is 7.98. The van der Waals surface area contributed by atoms with Gasteiger partial charge in [0.25, 0.3) is 5.91 Å². The standard InChI is InChI=1S/C29H31N5O4S/c1-3-26-27(20-11-12-24(37-2)25(16-20)38-22-9-4-5-10-22)33-34(29(36)39-26)18-19-7-6-8-21(15-19)32-28(35)23-17-30-13-14-31-23/h6-8,11-17,22,26H,3-5,9-10,18H2,1-2H3,(H,32,35). The highest BCUT2D eigenvalue weighted by molar-refractivity contribution is 8.14. The Morgan fingerprint density at radius 1 is 1.13 bits per heavy atom. The smallest absolute Gasteiger partial charge is 0.302 e. The van der Waals surface area contributed by atoms with E-state index in [2.05, 4.69) is 22.2 Å². The molecule has 9 nitrogen and oxygen atoms in total. The van der Waals surface area contributed by atoms with Crippen molar-refractivity contribution >= 4 is 34.3 Å². The summed E-state index contributed by atoms with van der Waals surface area (Å²) in [5.41, 5.74) is 3.39. The lowest BCUT2D eigenvalue weighted by molar-refractivity contribution is 0.102. The van der Waals surface area contributed by atoms with Crippen LogP contribution in [0.2, 0.25) is 0 Å². The van der Waals surface area contributed by atoms with Crippen molar-refractivity contribution in [3.05, 3.63) is 77.9 Å². The van der Waals surface area contributed by atoms with Crippen molar-refractivity contribution in [1.29, 1.82) is 0 Å². The van der Waals surface area contributed by atoms with Crippen LogP contribution in [-0.4, -0.2) is 50.3 Å². The summed E-state index contributed by atoms with van der Waals surface area (Å²) in [5.74, 6) is 1.04. The molecule has 2 amide bonds. The topological polar surface area (TPSA) is 106 Å². The Labute approximate surface area is 232 Å². The van der Waals surface area contributed by atoms with Gasteiger partial charge in [-0.25, -0.2) is 9.99 Å². The number of ether oxygens (including phenoxy) is 2. The molecule has 1 saturated carbocycles. The first-order chi connectivity index (χ1) is 19.0. The van der Waals surface area contributed by atoms with Crippen molar-refractivity contribution in [2.24, 2.45) is 5.10 Å². The average molecular weight is 546 g/mol. The van der Waals surface area contributed by atoms with Gasteiger partial charge in [-0.3, -0.25) is 14.6 Å². The molecule has 0 radical (unpaired) electrons. The molecule has 2 heterocycles. The normalized spacial score (nSPS) is 17.6. The van der Waals surface area contributed by atoms with Crippen molar-refractivity contribution in [2.45, 2.75) is 56.9 Å². The van der Waals surface area contributed by atoms with Gasteiger partial charge in [-0.05, 0) is 68.0 Å². The monoisotopic (exact) mass is 545 g/mol. The van der Waals surface area contributed by atoms with Crippen LogP contribution in [0.1, 0.15) is 60.6 Å². The van der Waals surface area contributed by atoms with Gasteiger partial charge in [-0.15, -0.1) is 0 Å². The number of carbonyl (C=O) groups is 2. The molecule has 1 atom stereocenters. The minimum Gasteiger partial charge on any atom is -0.493 e. The van der Waals surface area contributed by atoms with E-state index in [4.69, 9.17) is 14.6 Å². The molecule has 2 aromatic carbocycles. The first-order valence-corrected chi connectivity index (χ1v) is 14.0. The van der Waals surface area contributed by atoms with Gasteiger partial charge in [-0.2, -0.15) is 5.10 Å². The summed E-state index contributed by atoms with van der Waals surface area (Å²) in [6.07, 6.45) is 9.79. The molecule has 0 spiro atoms. The van der Waals surface area contributed by atoms with Crippen molar-refractivity contribution in [1.82, 2.24) is 15.0 Å². The molecule has 39 heavy (non-hydrogen) atoms.